The third-order valence-electron chi connectivity index (χ3n) is 12.9. The number of aryl methyl sites for hydroxylation is 1. The van der Waals surface area contributed by atoms with Crippen LogP contribution in [0.1, 0.15) is 50.5 Å². The van der Waals surface area contributed by atoms with E-state index >= 15 is 0 Å². The van der Waals surface area contributed by atoms with Crippen LogP contribution in [0.2, 0.25) is 0 Å². The average molecular weight is 731 g/mol. The second-order valence-corrected chi connectivity index (χ2v) is 16.7. The van der Waals surface area contributed by atoms with E-state index in [0.717, 1.165) is 79.2 Å². The molecule has 1 N–H and O–H groups in total. The number of piperazine rings is 2. The zero-order valence-electron chi connectivity index (χ0n) is 31.6. The second-order valence-electron chi connectivity index (χ2n) is 16.7. The number of likely N-dealkylation sites (N-methyl/N-ethyl adjacent to an activating group) is 1. The number of methoxy groups -OCH3 is 1. The molecule has 4 aromatic rings. The molecule has 12 heteroatoms. The Hall–Kier alpha value is -4.97. The number of hydrogen-bond acceptors (Lipinski definition) is 9. The van der Waals surface area contributed by atoms with Crippen molar-refractivity contribution in [3.05, 3.63) is 70.6 Å². The molecule has 0 radical (unpaired) electrons. The molecular weight excluding hydrogens is 681 g/mol. The van der Waals surface area contributed by atoms with Crippen LogP contribution >= 0.6 is 0 Å². The van der Waals surface area contributed by atoms with Gasteiger partial charge < -0.3 is 24.8 Å². The highest BCUT2D eigenvalue weighted by Crippen LogP contribution is 2.61. The van der Waals surface area contributed by atoms with Crippen LogP contribution in [-0.2, 0) is 9.59 Å². The van der Waals surface area contributed by atoms with Crippen molar-refractivity contribution >= 4 is 45.9 Å². The van der Waals surface area contributed by atoms with Crippen molar-refractivity contribution in [2.24, 2.45) is 23.2 Å². The summed E-state index contributed by atoms with van der Waals surface area (Å²) in [7, 11) is 3.58. The van der Waals surface area contributed by atoms with Crippen LogP contribution in [0.5, 0.6) is 5.75 Å². The molecule has 10 rings (SSSR count). The van der Waals surface area contributed by atoms with E-state index < -0.39 is 0 Å². The Bertz CT molecular complexity index is 2140. The Labute approximate surface area is 316 Å². The minimum atomic E-state index is -0.219. The molecule has 4 aliphatic carbocycles. The van der Waals surface area contributed by atoms with Gasteiger partial charge in [-0.1, -0.05) is 6.07 Å². The first kappa shape index (κ1) is 34.8. The number of carbonyl (C=O) groups excluding carboxylic acids is 2. The van der Waals surface area contributed by atoms with Gasteiger partial charge in [0.2, 0.25) is 17.8 Å². The highest BCUT2D eigenvalue weighted by molar-refractivity contribution is 5.96. The summed E-state index contributed by atoms with van der Waals surface area (Å²) in [6.45, 7) is 6.59. The van der Waals surface area contributed by atoms with Crippen LogP contribution in [-0.4, -0.2) is 96.1 Å². The first-order valence-electron chi connectivity index (χ1n) is 19.6. The van der Waals surface area contributed by atoms with Gasteiger partial charge in [-0.25, -0.2) is 4.98 Å². The van der Waals surface area contributed by atoms with Crippen LogP contribution in [0.25, 0.3) is 16.7 Å². The van der Waals surface area contributed by atoms with Crippen molar-refractivity contribution in [1.82, 2.24) is 24.3 Å². The molecule has 2 saturated heterocycles. The predicted octanol–water partition coefficient (Wildman–Crippen LogP) is 5.37. The molecule has 2 aliphatic heterocycles. The molecule has 6 aliphatic rings. The van der Waals surface area contributed by atoms with Crippen molar-refractivity contribution in [2.45, 2.75) is 51.9 Å². The van der Waals surface area contributed by atoms with Gasteiger partial charge in [0.25, 0.3) is 5.56 Å². The number of aromatic nitrogens is 3. The minimum Gasteiger partial charge on any atom is -0.494 e. The number of nitrogens with zero attached hydrogens (tertiary/aromatic N) is 7. The highest BCUT2D eigenvalue weighted by atomic mass is 16.5. The standard InChI is InChI=1S/C42H50N8O4/c1-27-15-37(51)50(33-6-4-5-32(19-33)49-14-9-46(2)26-39(49)53)40-34(27)25-43-41(45-40)44-35-8-7-31(20-36(35)54-3)47-10-12-48(13-11-47)38(52)24-42-21-28-16-29(22-42)18-30(17-28)23-42/h4-8,15,19-20,25,28-30H,9-14,16-18,21-24,26H2,1-3H3,(H,43,44,45). The summed E-state index contributed by atoms with van der Waals surface area (Å²) in [5.41, 5.74) is 4.38. The number of benzene rings is 2. The maximum Gasteiger partial charge on any atom is 0.257 e. The quantitative estimate of drug-likeness (QED) is 0.255. The number of fused-ring (bicyclic) bond motifs is 1. The Kier molecular flexibility index (Phi) is 8.83. The maximum absolute atomic E-state index is 13.6. The normalized spacial score (nSPS) is 25.4. The molecule has 2 aromatic carbocycles. The molecule has 0 spiro atoms. The van der Waals surface area contributed by atoms with E-state index in [1.165, 1.54) is 38.5 Å². The highest BCUT2D eigenvalue weighted by Gasteiger charge is 2.51. The van der Waals surface area contributed by atoms with Crippen LogP contribution in [0.4, 0.5) is 23.0 Å². The molecule has 4 bridgehead atoms. The molecule has 4 heterocycles. The molecule has 54 heavy (non-hydrogen) atoms. The van der Waals surface area contributed by atoms with Gasteiger partial charge in [-0.3, -0.25) is 23.9 Å². The summed E-state index contributed by atoms with van der Waals surface area (Å²) >= 11 is 0. The monoisotopic (exact) mass is 730 g/mol. The van der Waals surface area contributed by atoms with Gasteiger partial charge in [0.15, 0.2) is 5.65 Å². The Balaban J connectivity index is 0.909. The lowest BCUT2D eigenvalue weighted by Gasteiger charge is -2.57. The first-order chi connectivity index (χ1) is 26.1. The van der Waals surface area contributed by atoms with Gasteiger partial charge in [0.05, 0.1) is 25.0 Å². The number of nitrogens with one attached hydrogen (secondary N) is 1. The van der Waals surface area contributed by atoms with Crippen molar-refractivity contribution in [3.63, 3.8) is 0 Å². The van der Waals surface area contributed by atoms with Crippen LogP contribution in [0.3, 0.4) is 0 Å². The second kappa shape index (κ2) is 13.7. The van der Waals surface area contributed by atoms with E-state index in [9.17, 15) is 14.4 Å². The fourth-order valence-corrected chi connectivity index (χ4v) is 10.7. The van der Waals surface area contributed by atoms with Crippen molar-refractivity contribution in [2.75, 3.05) is 75.1 Å². The number of amides is 2. The number of rotatable bonds is 8. The Morgan fingerprint density at radius 2 is 1.61 bits per heavy atom. The van der Waals surface area contributed by atoms with Crippen LogP contribution < -0.4 is 25.4 Å². The predicted molar refractivity (Wildman–Crippen MR) is 210 cm³/mol. The summed E-state index contributed by atoms with van der Waals surface area (Å²) < 4.78 is 7.42. The number of anilines is 4. The summed E-state index contributed by atoms with van der Waals surface area (Å²) in [6, 6.07) is 15.1. The Morgan fingerprint density at radius 3 is 2.31 bits per heavy atom. The van der Waals surface area contributed by atoms with Crippen LogP contribution in [0, 0.1) is 30.1 Å². The molecule has 2 aromatic heterocycles. The number of carbonyl (C=O) groups is 2. The lowest BCUT2D eigenvalue weighted by Crippen LogP contribution is -2.52. The molecule has 6 fully saturated rings. The summed E-state index contributed by atoms with van der Waals surface area (Å²) in [5, 5.41) is 4.08. The lowest BCUT2D eigenvalue weighted by molar-refractivity contribution is -0.139. The largest absolute Gasteiger partial charge is 0.494 e. The van der Waals surface area contributed by atoms with E-state index in [0.29, 0.717) is 47.7 Å². The van der Waals surface area contributed by atoms with E-state index in [-0.39, 0.29) is 16.9 Å². The summed E-state index contributed by atoms with van der Waals surface area (Å²) in [4.78, 5) is 57.7. The molecule has 0 unspecified atom stereocenters. The van der Waals surface area contributed by atoms with E-state index in [1.54, 1.807) is 28.8 Å². The van der Waals surface area contributed by atoms with Crippen molar-refractivity contribution in [3.8, 4) is 11.4 Å². The van der Waals surface area contributed by atoms with Crippen LogP contribution in [0.15, 0.2) is 59.5 Å². The average Bonchev–Trinajstić information content (AvgIpc) is 3.14. The molecule has 0 atom stereocenters. The number of hydrogen-bond donors (Lipinski definition) is 1. The summed E-state index contributed by atoms with van der Waals surface area (Å²) in [5.74, 6) is 3.91. The minimum absolute atomic E-state index is 0.0237. The number of pyridine rings is 1. The molecule has 4 saturated carbocycles. The molecular formula is C42H50N8O4. The van der Waals surface area contributed by atoms with Crippen molar-refractivity contribution < 1.29 is 14.3 Å². The smallest absolute Gasteiger partial charge is 0.257 e. The number of ether oxygens (including phenoxy) is 1. The van der Waals surface area contributed by atoms with Gasteiger partial charge in [0.1, 0.15) is 5.75 Å². The van der Waals surface area contributed by atoms with E-state index in [4.69, 9.17) is 9.72 Å². The Morgan fingerprint density at radius 1 is 0.889 bits per heavy atom. The third kappa shape index (κ3) is 6.48. The SMILES string of the molecule is COc1cc(N2CCN(C(=O)CC34CC5CC(CC(C5)C3)C4)CC2)ccc1Nc1ncc2c(C)cc(=O)n(-c3cccc(N4CCN(C)CC4=O)c3)c2n1. The fraction of sp³-hybridized carbons (Fsp3) is 0.500. The maximum atomic E-state index is 13.6. The fourth-order valence-electron chi connectivity index (χ4n) is 10.7. The van der Waals surface area contributed by atoms with Gasteiger partial charge in [0, 0.05) is 80.8 Å². The van der Waals surface area contributed by atoms with Gasteiger partial charge in [-0.2, -0.15) is 4.98 Å². The van der Waals surface area contributed by atoms with E-state index in [1.807, 2.05) is 55.3 Å². The molecule has 2 amide bonds. The first-order valence-corrected chi connectivity index (χ1v) is 19.6. The zero-order chi connectivity index (χ0) is 37.1. The zero-order valence-corrected chi connectivity index (χ0v) is 31.6. The van der Waals surface area contributed by atoms with Gasteiger partial charge >= 0.3 is 0 Å². The third-order valence-corrected chi connectivity index (χ3v) is 12.9. The van der Waals surface area contributed by atoms with Crippen molar-refractivity contribution in [1.29, 1.82) is 0 Å². The van der Waals surface area contributed by atoms with Gasteiger partial charge in [-0.05, 0) is 112 Å². The molecule has 282 valence electrons. The topological polar surface area (TPSA) is 116 Å². The lowest BCUT2D eigenvalue weighted by atomic mass is 9.49. The molecule has 12 nitrogen and oxygen atoms in total. The summed E-state index contributed by atoms with van der Waals surface area (Å²) in [6.07, 6.45) is 10.5. The van der Waals surface area contributed by atoms with Gasteiger partial charge in [-0.15, -0.1) is 0 Å². The van der Waals surface area contributed by atoms with E-state index in [2.05, 4.69) is 26.2 Å².